The van der Waals surface area contributed by atoms with E-state index in [0.717, 1.165) is 16.0 Å². The van der Waals surface area contributed by atoms with Gasteiger partial charge in [0.2, 0.25) is 18.5 Å². The van der Waals surface area contributed by atoms with Crippen molar-refractivity contribution >= 4 is 46.8 Å². The maximum absolute atomic E-state index is 14.4. The molecule has 0 radical (unpaired) electrons. The van der Waals surface area contributed by atoms with Crippen LogP contribution in [0.25, 0.3) is 0 Å². The second kappa shape index (κ2) is 16.3. The number of hydrogen-bond acceptors (Lipinski definition) is 14. The number of primary amides is 1. The van der Waals surface area contributed by atoms with Crippen LogP contribution in [0.2, 0.25) is 0 Å². The van der Waals surface area contributed by atoms with E-state index in [1.54, 1.807) is 45.2 Å². The van der Waals surface area contributed by atoms with Crippen LogP contribution < -0.4 is 16.0 Å². The van der Waals surface area contributed by atoms with E-state index in [1.807, 2.05) is 26.8 Å². The number of aliphatic hydroxyl groups excluding tert-OH is 2. The van der Waals surface area contributed by atoms with E-state index < -0.39 is 95.1 Å². The van der Waals surface area contributed by atoms with E-state index in [-0.39, 0.29) is 41.8 Å². The van der Waals surface area contributed by atoms with Gasteiger partial charge in [-0.1, -0.05) is 30.5 Å². The number of carbonyl (C=O) groups excluding carboxylic acids is 6. The van der Waals surface area contributed by atoms with Gasteiger partial charge in [-0.3, -0.25) is 29.0 Å². The third kappa shape index (κ3) is 7.76. The highest BCUT2D eigenvalue weighted by atomic mass is 16.7. The van der Waals surface area contributed by atoms with E-state index >= 15 is 0 Å². The Kier molecular flexibility index (Phi) is 12.0. The van der Waals surface area contributed by atoms with Gasteiger partial charge in [-0.25, -0.2) is 9.59 Å². The summed E-state index contributed by atoms with van der Waals surface area (Å²) in [4.78, 5) is 83.6. The number of carbonyl (C=O) groups is 6. The van der Waals surface area contributed by atoms with Gasteiger partial charge in [-0.05, 0) is 76.9 Å². The first kappa shape index (κ1) is 42.2. The molecule has 0 heterocycles. The van der Waals surface area contributed by atoms with Gasteiger partial charge in [0.25, 0.3) is 5.91 Å². The molecule has 57 heavy (non-hydrogen) atoms. The molecule has 3 aliphatic carbocycles. The van der Waals surface area contributed by atoms with Crippen LogP contribution in [0.3, 0.4) is 0 Å². The lowest BCUT2D eigenvalue weighted by Crippen LogP contribution is -2.63. The molecule has 0 saturated heterocycles. The summed E-state index contributed by atoms with van der Waals surface area (Å²) in [7, 11) is 6.44. The summed E-state index contributed by atoms with van der Waals surface area (Å²) < 4.78 is 10.3. The fourth-order valence-electron chi connectivity index (χ4n) is 8.14. The number of fused-ring (bicyclic) bond motifs is 3. The first-order valence-electron chi connectivity index (χ1n) is 18.4. The summed E-state index contributed by atoms with van der Waals surface area (Å²) in [6.07, 6.45) is 0.162. The van der Waals surface area contributed by atoms with Crippen molar-refractivity contribution in [3.8, 4) is 5.75 Å². The van der Waals surface area contributed by atoms with Crippen LogP contribution in [-0.4, -0.2) is 125 Å². The third-order valence-corrected chi connectivity index (χ3v) is 10.7. The lowest BCUT2D eigenvalue weighted by Gasteiger charge is -2.50. The molecule has 0 aliphatic heterocycles. The number of phenols is 1. The molecule has 4 atom stereocenters. The number of esters is 1. The quantitative estimate of drug-likeness (QED) is 0.0783. The number of ether oxygens (including phenoxy) is 2. The Morgan fingerprint density at radius 1 is 0.982 bits per heavy atom. The number of hydrogen-bond donors (Lipinski definition) is 6. The molecular formula is C40H49N5O12. The number of anilines is 2. The third-order valence-electron chi connectivity index (χ3n) is 10.7. The molecule has 17 nitrogen and oxygen atoms in total. The summed E-state index contributed by atoms with van der Waals surface area (Å²) in [5.74, 6) is -9.44. The number of nitrogens with one attached hydrogen (secondary N) is 1. The lowest BCUT2D eigenvalue weighted by molar-refractivity contribution is -0.148. The minimum absolute atomic E-state index is 0.0362. The molecule has 3 amide bonds. The highest BCUT2D eigenvalue weighted by molar-refractivity contribution is 6.25. The van der Waals surface area contributed by atoms with Gasteiger partial charge in [0.1, 0.15) is 23.6 Å². The molecule has 0 saturated carbocycles. The molecule has 0 fully saturated rings. The Morgan fingerprint density at radius 3 is 2.21 bits per heavy atom. The van der Waals surface area contributed by atoms with Crippen molar-refractivity contribution in [2.75, 3.05) is 58.3 Å². The maximum atomic E-state index is 14.4. The zero-order valence-corrected chi connectivity index (χ0v) is 33.0. The number of phenolic OH excluding ortho intramolecular Hbond substituents is 1. The topological polar surface area (TPSA) is 250 Å². The fraction of sp³-hybridized carbons (Fsp3) is 0.450. The number of allylic oxidation sites excluding steroid dienone is 1. The number of nitrogens with zero attached hydrogens (tertiary/aromatic N) is 3. The van der Waals surface area contributed by atoms with Crippen LogP contribution in [0.4, 0.5) is 16.2 Å². The molecular weight excluding hydrogens is 742 g/mol. The van der Waals surface area contributed by atoms with Gasteiger partial charge in [0.05, 0.1) is 22.9 Å². The molecule has 17 heteroatoms. The van der Waals surface area contributed by atoms with Crippen LogP contribution in [0, 0.1) is 25.7 Å². The molecule has 3 aliphatic rings. The zero-order valence-electron chi connectivity index (χ0n) is 33.0. The number of Topliss-reactive ketones (excluding diaryl/α,β-unsaturated/α-hetero) is 2. The Morgan fingerprint density at radius 2 is 1.63 bits per heavy atom. The number of aliphatic hydroxyl groups is 3. The minimum atomic E-state index is -2.81. The number of nitrogens with two attached hydrogens (primary N) is 1. The zero-order chi connectivity index (χ0) is 42.3. The maximum Gasteiger partial charge on any atom is 0.413 e. The molecule has 0 unspecified atom stereocenters. The number of aromatic hydroxyl groups is 1. The SMILES string of the molecule is CCCCN(CC(=O)Nc1cc(N(C)C)c2c(c1O)C(=O)C1=C(O)[C@]3(O)C(=O)C(C(N)=O)=C(O)[C@@H](N(C)C)[C@@H]3C[C@@H]1C2)C(=O)OCOC(=O)c1cc(C)cc(C)c1. The molecule has 7 N–H and O–H groups in total. The molecule has 0 bridgehead atoms. The largest absolute Gasteiger partial charge is 0.510 e. The monoisotopic (exact) mass is 791 g/mol. The Hall–Kier alpha value is -5.94. The van der Waals surface area contributed by atoms with Crippen LogP contribution >= 0.6 is 0 Å². The van der Waals surface area contributed by atoms with E-state index in [2.05, 4.69) is 5.32 Å². The van der Waals surface area contributed by atoms with Gasteiger partial charge in [0.15, 0.2) is 17.1 Å². The van der Waals surface area contributed by atoms with Gasteiger partial charge >= 0.3 is 12.1 Å². The van der Waals surface area contributed by atoms with Gasteiger partial charge in [-0.15, -0.1) is 0 Å². The number of likely N-dealkylation sites (N-methyl/N-ethyl adjacent to an activating group) is 1. The second-order valence-electron chi connectivity index (χ2n) is 15.2. The van der Waals surface area contributed by atoms with Crippen molar-refractivity contribution in [3.63, 3.8) is 0 Å². The van der Waals surface area contributed by atoms with Crippen molar-refractivity contribution in [3.05, 3.63) is 74.7 Å². The number of benzene rings is 2. The van der Waals surface area contributed by atoms with E-state index in [9.17, 15) is 49.2 Å². The van der Waals surface area contributed by atoms with Crippen LogP contribution in [0.1, 0.15) is 63.6 Å². The van der Waals surface area contributed by atoms with Crippen LogP contribution in [-0.2, 0) is 30.3 Å². The summed E-state index contributed by atoms with van der Waals surface area (Å²) >= 11 is 0. The van der Waals surface area contributed by atoms with Crippen molar-refractivity contribution in [2.24, 2.45) is 17.6 Å². The fourth-order valence-corrected chi connectivity index (χ4v) is 8.14. The molecule has 306 valence electrons. The van der Waals surface area contributed by atoms with Crippen molar-refractivity contribution < 1.29 is 58.7 Å². The summed E-state index contributed by atoms with van der Waals surface area (Å²) in [5.41, 5.74) is 3.58. The average Bonchev–Trinajstić information content (AvgIpc) is 3.11. The summed E-state index contributed by atoms with van der Waals surface area (Å²) in [6, 6.07) is 5.47. The number of ketones is 2. The highest BCUT2D eigenvalue weighted by Crippen LogP contribution is 2.54. The van der Waals surface area contributed by atoms with Crippen LogP contribution in [0.15, 0.2) is 46.9 Å². The summed E-state index contributed by atoms with van der Waals surface area (Å²) in [5, 5.41) is 48.7. The number of unbranched alkanes of at least 4 members (excludes halogenated alkanes) is 1. The van der Waals surface area contributed by atoms with Crippen molar-refractivity contribution in [1.29, 1.82) is 0 Å². The normalized spacial score (nSPS) is 21.4. The Bertz CT molecular complexity index is 2090. The Balaban J connectivity index is 1.42. The predicted molar refractivity (Wildman–Crippen MR) is 206 cm³/mol. The van der Waals surface area contributed by atoms with Crippen molar-refractivity contribution in [2.45, 2.75) is 58.1 Å². The lowest BCUT2D eigenvalue weighted by atomic mass is 9.58. The Labute approximate surface area is 329 Å². The first-order chi connectivity index (χ1) is 26.7. The van der Waals surface area contributed by atoms with Crippen molar-refractivity contribution in [1.82, 2.24) is 9.80 Å². The minimum Gasteiger partial charge on any atom is -0.510 e. The smallest absolute Gasteiger partial charge is 0.413 e. The second-order valence-corrected chi connectivity index (χ2v) is 15.2. The molecule has 0 spiro atoms. The van der Waals surface area contributed by atoms with E-state index in [0.29, 0.717) is 24.1 Å². The summed E-state index contributed by atoms with van der Waals surface area (Å²) in [6.45, 7) is 4.37. The first-order valence-corrected chi connectivity index (χ1v) is 18.4. The molecule has 5 rings (SSSR count). The number of aryl methyl sites for hydroxylation is 2. The van der Waals surface area contributed by atoms with Crippen LogP contribution in [0.5, 0.6) is 5.75 Å². The molecule has 2 aromatic carbocycles. The molecule has 2 aromatic rings. The van der Waals surface area contributed by atoms with Gasteiger partial charge in [-0.2, -0.15) is 0 Å². The van der Waals surface area contributed by atoms with E-state index in [1.165, 1.54) is 11.0 Å². The average molecular weight is 792 g/mol. The predicted octanol–water partition coefficient (Wildman–Crippen LogP) is 2.80. The molecule has 0 aromatic heterocycles. The van der Waals surface area contributed by atoms with E-state index in [4.69, 9.17) is 15.2 Å². The highest BCUT2D eigenvalue weighted by Gasteiger charge is 2.63. The van der Waals surface area contributed by atoms with Gasteiger partial charge < -0.3 is 45.9 Å². The standard InChI is InChI=1S/C40H49N5O12/c1-8-9-10-45(39(54)57-18-56-38(53)22-12-19(2)11-20(3)13-22)17-27(46)42-25-16-26(43(4)5)23-14-21-15-24-31(44(6)7)34(49)30(37(41)52)36(51)40(24,55)35(50)28(21)33(48)29(23)32(25)47/h11-13,16,21,24,31,47,49-50,55H,8-10,14-15,17-18H2,1-7H3,(H2,41,52)(H,42,46)/t21-,24-,31-,40-/m0/s1. The number of amides is 3. The number of rotatable bonds is 12. The van der Waals surface area contributed by atoms with Gasteiger partial charge in [0, 0.05) is 37.8 Å².